The SMILES string of the molecule is CC(C)N(C)Cc1nnnn1CC(=O)N(Cc1cnn(C)c1)C(C)C. The maximum Gasteiger partial charge on any atom is 0.244 e. The Morgan fingerprint density at radius 1 is 1.20 bits per heavy atom. The van der Waals surface area contributed by atoms with Gasteiger partial charge in [-0.25, -0.2) is 4.68 Å². The summed E-state index contributed by atoms with van der Waals surface area (Å²) >= 11 is 0. The zero-order chi connectivity index (χ0) is 18.6. The molecular formula is C16H28N8O. The molecule has 0 fully saturated rings. The van der Waals surface area contributed by atoms with E-state index in [2.05, 4.69) is 39.4 Å². The highest BCUT2D eigenvalue weighted by molar-refractivity contribution is 5.76. The third-order valence-electron chi connectivity index (χ3n) is 4.22. The molecule has 0 saturated heterocycles. The molecule has 0 aliphatic rings. The van der Waals surface area contributed by atoms with E-state index in [0.717, 1.165) is 5.56 Å². The summed E-state index contributed by atoms with van der Waals surface area (Å²) in [6, 6.07) is 0.449. The zero-order valence-corrected chi connectivity index (χ0v) is 15.9. The number of carbonyl (C=O) groups excluding carboxylic acids is 1. The van der Waals surface area contributed by atoms with E-state index in [1.165, 1.54) is 0 Å². The summed E-state index contributed by atoms with van der Waals surface area (Å²) in [5.41, 5.74) is 1.00. The number of tetrazole rings is 1. The van der Waals surface area contributed by atoms with Crippen molar-refractivity contribution >= 4 is 5.91 Å². The quantitative estimate of drug-likeness (QED) is 0.698. The van der Waals surface area contributed by atoms with Crippen LogP contribution in [0.25, 0.3) is 0 Å². The van der Waals surface area contributed by atoms with Crippen LogP contribution in [-0.4, -0.2) is 64.8 Å². The fourth-order valence-electron chi connectivity index (χ4n) is 2.39. The number of rotatable bonds is 8. The van der Waals surface area contributed by atoms with E-state index < -0.39 is 0 Å². The topological polar surface area (TPSA) is 85.0 Å². The van der Waals surface area contributed by atoms with Crippen molar-refractivity contribution in [2.75, 3.05) is 7.05 Å². The normalized spacial score (nSPS) is 11.7. The van der Waals surface area contributed by atoms with Crippen molar-refractivity contribution in [2.24, 2.45) is 7.05 Å². The van der Waals surface area contributed by atoms with Crippen LogP contribution in [0, 0.1) is 0 Å². The summed E-state index contributed by atoms with van der Waals surface area (Å²) in [5, 5.41) is 15.9. The highest BCUT2D eigenvalue weighted by Crippen LogP contribution is 2.10. The number of amides is 1. The number of aryl methyl sites for hydroxylation is 1. The lowest BCUT2D eigenvalue weighted by atomic mass is 10.2. The van der Waals surface area contributed by atoms with Gasteiger partial charge in [0.15, 0.2) is 5.82 Å². The Morgan fingerprint density at radius 2 is 1.92 bits per heavy atom. The summed E-state index contributed by atoms with van der Waals surface area (Å²) in [6.45, 7) is 9.46. The van der Waals surface area contributed by atoms with Gasteiger partial charge in [0.25, 0.3) is 0 Å². The summed E-state index contributed by atoms with van der Waals surface area (Å²) in [7, 11) is 3.87. The summed E-state index contributed by atoms with van der Waals surface area (Å²) in [4.78, 5) is 16.7. The maximum atomic E-state index is 12.8. The van der Waals surface area contributed by atoms with Gasteiger partial charge in [0.1, 0.15) is 6.54 Å². The predicted octanol–water partition coefficient (Wildman–Crippen LogP) is 0.684. The van der Waals surface area contributed by atoms with Gasteiger partial charge in [0.05, 0.1) is 12.7 Å². The summed E-state index contributed by atoms with van der Waals surface area (Å²) in [6.07, 6.45) is 3.70. The van der Waals surface area contributed by atoms with E-state index in [0.29, 0.717) is 25.0 Å². The van der Waals surface area contributed by atoms with Crippen LogP contribution in [0.3, 0.4) is 0 Å². The van der Waals surface area contributed by atoms with Crippen LogP contribution in [0.5, 0.6) is 0 Å². The minimum absolute atomic E-state index is 0.0143. The van der Waals surface area contributed by atoms with Crippen molar-refractivity contribution in [3.63, 3.8) is 0 Å². The van der Waals surface area contributed by atoms with Gasteiger partial charge in [-0.3, -0.25) is 14.4 Å². The largest absolute Gasteiger partial charge is 0.334 e. The van der Waals surface area contributed by atoms with Crippen molar-refractivity contribution in [3.8, 4) is 0 Å². The number of carbonyl (C=O) groups is 1. The molecule has 138 valence electrons. The lowest BCUT2D eigenvalue weighted by molar-refractivity contribution is -0.134. The molecule has 0 aliphatic carbocycles. The maximum absolute atomic E-state index is 12.8. The smallest absolute Gasteiger partial charge is 0.244 e. The van der Waals surface area contributed by atoms with Crippen LogP contribution in [0.4, 0.5) is 0 Å². The average Bonchev–Trinajstić information content (AvgIpc) is 3.13. The standard InChI is InChI=1S/C16H28N8O/c1-12(2)21(5)10-15-18-19-20-24(15)11-16(25)23(13(3)4)9-14-7-17-22(6)8-14/h7-8,12-13H,9-11H2,1-6H3. The van der Waals surface area contributed by atoms with Crippen LogP contribution < -0.4 is 0 Å². The third kappa shape index (κ3) is 5.09. The second-order valence-electron chi connectivity index (χ2n) is 6.90. The minimum atomic E-state index is -0.0143. The molecule has 0 saturated carbocycles. The molecule has 25 heavy (non-hydrogen) atoms. The highest BCUT2D eigenvalue weighted by Gasteiger charge is 2.21. The van der Waals surface area contributed by atoms with Gasteiger partial charge < -0.3 is 4.90 Å². The summed E-state index contributed by atoms with van der Waals surface area (Å²) in [5.74, 6) is 0.675. The van der Waals surface area contributed by atoms with Crippen molar-refractivity contribution in [3.05, 3.63) is 23.8 Å². The second kappa shape index (κ2) is 8.19. The molecule has 0 aliphatic heterocycles. The van der Waals surface area contributed by atoms with Crippen LogP contribution >= 0.6 is 0 Å². The zero-order valence-electron chi connectivity index (χ0n) is 15.9. The fraction of sp³-hybridized carbons (Fsp3) is 0.688. The van der Waals surface area contributed by atoms with Crippen molar-refractivity contribution in [2.45, 2.75) is 59.4 Å². The van der Waals surface area contributed by atoms with E-state index >= 15 is 0 Å². The van der Waals surface area contributed by atoms with Crippen molar-refractivity contribution < 1.29 is 4.79 Å². The first kappa shape index (κ1) is 19.0. The minimum Gasteiger partial charge on any atom is -0.334 e. The van der Waals surface area contributed by atoms with Gasteiger partial charge in [0.2, 0.25) is 5.91 Å². The highest BCUT2D eigenvalue weighted by atomic mass is 16.2. The number of hydrogen-bond donors (Lipinski definition) is 0. The molecule has 0 radical (unpaired) electrons. The van der Waals surface area contributed by atoms with Gasteiger partial charge in [-0.15, -0.1) is 5.10 Å². The monoisotopic (exact) mass is 348 g/mol. The first-order valence-electron chi connectivity index (χ1n) is 8.50. The number of nitrogens with zero attached hydrogens (tertiary/aromatic N) is 8. The molecule has 0 N–H and O–H groups in total. The molecule has 1 amide bonds. The first-order chi connectivity index (χ1) is 11.8. The van der Waals surface area contributed by atoms with Crippen LogP contribution in [-0.2, 0) is 31.5 Å². The van der Waals surface area contributed by atoms with E-state index in [1.807, 2.05) is 39.0 Å². The van der Waals surface area contributed by atoms with E-state index in [1.54, 1.807) is 15.6 Å². The fourth-order valence-corrected chi connectivity index (χ4v) is 2.39. The van der Waals surface area contributed by atoms with Gasteiger partial charge in [-0.05, 0) is 45.2 Å². The second-order valence-corrected chi connectivity index (χ2v) is 6.90. The molecule has 0 atom stereocenters. The van der Waals surface area contributed by atoms with E-state index in [9.17, 15) is 4.79 Å². The molecule has 0 aromatic carbocycles. The molecule has 0 bridgehead atoms. The molecule has 2 rings (SSSR count). The summed E-state index contributed by atoms with van der Waals surface area (Å²) < 4.78 is 3.32. The predicted molar refractivity (Wildman–Crippen MR) is 93.3 cm³/mol. The third-order valence-corrected chi connectivity index (χ3v) is 4.22. The van der Waals surface area contributed by atoms with Crippen molar-refractivity contribution in [1.82, 2.24) is 39.8 Å². The van der Waals surface area contributed by atoms with Gasteiger partial charge >= 0.3 is 0 Å². The van der Waals surface area contributed by atoms with Crippen LogP contribution in [0.1, 0.15) is 39.1 Å². The molecule has 0 spiro atoms. The Bertz CT molecular complexity index is 690. The van der Waals surface area contributed by atoms with Gasteiger partial charge in [0, 0.05) is 37.4 Å². The Morgan fingerprint density at radius 3 is 2.48 bits per heavy atom. The van der Waals surface area contributed by atoms with Gasteiger partial charge in [-0.2, -0.15) is 5.10 Å². The molecule has 9 heteroatoms. The molecule has 2 aromatic heterocycles. The molecule has 9 nitrogen and oxygen atoms in total. The van der Waals surface area contributed by atoms with Crippen LogP contribution in [0.15, 0.2) is 12.4 Å². The first-order valence-corrected chi connectivity index (χ1v) is 8.50. The number of aromatic nitrogens is 6. The Labute approximate surface area is 148 Å². The Kier molecular flexibility index (Phi) is 6.24. The van der Waals surface area contributed by atoms with Crippen molar-refractivity contribution in [1.29, 1.82) is 0 Å². The van der Waals surface area contributed by atoms with Gasteiger partial charge in [-0.1, -0.05) is 0 Å². The van der Waals surface area contributed by atoms with Crippen LogP contribution in [0.2, 0.25) is 0 Å². The number of hydrogen-bond acceptors (Lipinski definition) is 6. The lowest BCUT2D eigenvalue weighted by Crippen LogP contribution is -2.39. The van der Waals surface area contributed by atoms with E-state index in [4.69, 9.17) is 0 Å². The lowest BCUT2D eigenvalue weighted by Gasteiger charge is -2.26. The molecule has 2 heterocycles. The Balaban J connectivity index is 2.07. The molecule has 0 unspecified atom stereocenters. The molecule has 2 aromatic rings. The Hall–Kier alpha value is -2.29. The average molecular weight is 348 g/mol. The van der Waals surface area contributed by atoms with E-state index in [-0.39, 0.29) is 18.5 Å². The molecular weight excluding hydrogens is 320 g/mol.